The molecule has 3 aromatic rings. The van der Waals surface area contributed by atoms with Crippen molar-refractivity contribution in [1.82, 2.24) is 10.2 Å². The Kier molecular flexibility index (Phi) is 4.66. The van der Waals surface area contributed by atoms with Crippen molar-refractivity contribution in [3.05, 3.63) is 82.1 Å². The lowest BCUT2D eigenvalue weighted by Crippen LogP contribution is -1.95. The number of aryl methyl sites for hydroxylation is 4. The van der Waals surface area contributed by atoms with Crippen molar-refractivity contribution in [3.63, 3.8) is 0 Å². The highest BCUT2D eigenvalue weighted by molar-refractivity contribution is 6.06. The molecule has 0 unspecified atom stereocenters. The molecular weight excluding hydrogens is 308 g/mol. The molecule has 0 spiro atoms. The van der Waals surface area contributed by atoms with Gasteiger partial charge >= 0.3 is 0 Å². The maximum absolute atomic E-state index is 12.3. The first kappa shape index (κ1) is 16.9. The Labute approximate surface area is 148 Å². The molecular formula is C22H22N2O. The predicted octanol–water partition coefficient (Wildman–Crippen LogP) is 5.21. The Hall–Kier alpha value is -2.94. The molecule has 0 bridgehead atoms. The Bertz CT molecular complexity index is 964. The summed E-state index contributed by atoms with van der Waals surface area (Å²) < 4.78 is 0. The van der Waals surface area contributed by atoms with Crippen LogP contribution in [0.25, 0.3) is 17.3 Å². The van der Waals surface area contributed by atoms with Crippen LogP contribution in [0.2, 0.25) is 0 Å². The number of nitrogens with one attached hydrogen (secondary N) is 1. The summed E-state index contributed by atoms with van der Waals surface area (Å²) >= 11 is 0. The number of hydrogen-bond acceptors (Lipinski definition) is 2. The summed E-state index contributed by atoms with van der Waals surface area (Å²) in [5.74, 6) is -0.00886. The van der Waals surface area contributed by atoms with Gasteiger partial charge in [0.1, 0.15) is 0 Å². The summed E-state index contributed by atoms with van der Waals surface area (Å²) in [5, 5.41) is 7.32. The summed E-state index contributed by atoms with van der Waals surface area (Å²) in [6.45, 7) is 8.24. The fourth-order valence-corrected chi connectivity index (χ4v) is 2.63. The van der Waals surface area contributed by atoms with Gasteiger partial charge in [0.15, 0.2) is 5.78 Å². The van der Waals surface area contributed by atoms with Gasteiger partial charge in [0.25, 0.3) is 0 Å². The van der Waals surface area contributed by atoms with Crippen molar-refractivity contribution >= 4 is 11.9 Å². The van der Waals surface area contributed by atoms with Gasteiger partial charge in [-0.2, -0.15) is 5.10 Å². The molecule has 1 N–H and O–H groups in total. The normalized spacial score (nSPS) is 11.2. The van der Waals surface area contributed by atoms with Gasteiger partial charge < -0.3 is 0 Å². The van der Waals surface area contributed by atoms with Crippen molar-refractivity contribution < 1.29 is 4.79 Å². The van der Waals surface area contributed by atoms with Gasteiger partial charge in [0.05, 0.1) is 11.4 Å². The first-order chi connectivity index (χ1) is 11.9. The largest absolute Gasteiger partial charge is 0.289 e. The van der Waals surface area contributed by atoms with Gasteiger partial charge in [-0.05, 0) is 80.3 Å². The minimum absolute atomic E-state index is 0.00886. The van der Waals surface area contributed by atoms with E-state index in [2.05, 4.69) is 42.2 Å². The quantitative estimate of drug-likeness (QED) is 0.527. The zero-order valence-electron chi connectivity index (χ0n) is 15.1. The summed E-state index contributed by atoms with van der Waals surface area (Å²) in [7, 11) is 0. The third-order valence-electron chi connectivity index (χ3n) is 4.61. The molecule has 0 fully saturated rings. The van der Waals surface area contributed by atoms with E-state index in [1.807, 2.05) is 38.1 Å². The SMILES string of the molecule is Cc1ccc(C(=O)C=Cc2cc(-c3ccc(C)c(C)c3)n[nH]2)cc1C. The third kappa shape index (κ3) is 3.77. The molecule has 0 aliphatic heterocycles. The number of nitrogens with zero attached hydrogens (tertiary/aromatic N) is 1. The maximum atomic E-state index is 12.3. The third-order valence-corrected chi connectivity index (χ3v) is 4.61. The Balaban J connectivity index is 1.78. The van der Waals surface area contributed by atoms with Crippen LogP contribution in [-0.4, -0.2) is 16.0 Å². The Morgan fingerprint density at radius 2 is 1.56 bits per heavy atom. The molecule has 0 saturated carbocycles. The fourth-order valence-electron chi connectivity index (χ4n) is 2.63. The number of ketones is 1. The maximum Gasteiger partial charge on any atom is 0.185 e. The average molecular weight is 330 g/mol. The number of carbonyl (C=O) groups is 1. The highest BCUT2D eigenvalue weighted by Crippen LogP contribution is 2.21. The number of aromatic amines is 1. The molecule has 2 aromatic carbocycles. The van der Waals surface area contributed by atoms with Crippen molar-refractivity contribution in [2.45, 2.75) is 27.7 Å². The lowest BCUT2D eigenvalue weighted by Gasteiger charge is -2.02. The molecule has 3 heteroatoms. The first-order valence-electron chi connectivity index (χ1n) is 8.37. The van der Waals surface area contributed by atoms with Crippen LogP contribution < -0.4 is 0 Å². The summed E-state index contributed by atoms with van der Waals surface area (Å²) in [6.07, 6.45) is 3.36. The van der Waals surface area contributed by atoms with Gasteiger partial charge in [-0.1, -0.05) is 24.3 Å². The number of hydrogen-bond donors (Lipinski definition) is 1. The zero-order valence-corrected chi connectivity index (χ0v) is 15.1. The summed E-state index contributed by atoms with van der Waals surface area (Å²) in [5.41, 5.74) is 8.27. The second-order valence-electron chi connectivity index (χ2n) is 6.50. The average Bonchev–Trinajstić information content (AvgIpc) is 3.06. The highest BCUT2D eigenvalue weighted by atomic mass is 16.1. The van der Waals surface area contributed by atoms with Crippen LogP contribution in [0.5, 0.6) is 0 Å². The number of carbonyl (C=O) groups excluding carboxylic acids is 1. The smallest absolute Gasteiger partial charge is 0.185 e. The number of benzene rings is 2. The second kappa shape index (κ2) is 6.89. The molecule has 1 heterocycles. The number of H-pyrrole nitrogens is 1. The van der Waals surface area contributed by atoms with Crippen LogP contribution in [-0.2, 0) is 0 Å². The molecule has 0 atom stereocenters. The monoisotopic (exact) mass is 330 g/mol. The van der Waals surface area contributed by atoms with E-state index in [0.29, 0.717) is 5.56 Å². The number of rotatable bonds is 4. The number of allylic oxidation sites excluding steroid dienone is 1. The lowest BCUT2D eigenvalue weighted by molar-refractivity contribution is 0.104. The van der Waals surface area contributed by atoms with E-state index in [4.69, 9.17) is 0 Å². The van der Waals surface area contributed by atoms with E-state index >= 15 is 0 Å². The van der Waals surface area contributed by atoms with Gasteiger partial charge in [-0.3, -0.25) is 9.89 Å². The van der Waals surface area contributed by atoms with E-state index < -0.39 is 0 Å². The predicted molar refractivity (Wildman–Crippen MR) is 103 cm³/mol. The molecule has 126 valence electrons. The van der Waals surface area contributed by atoms with Crippen LogP contribution in [0, 0.1) is 27.7 Å². The Morgan fingerprint density at radius 1 is 0.880 bits per heavy atom. The molecule has 25 heavy (non-hydrogen) atoms. The van der Waals surface area contributed by atoms with Crippen LogP contribution in [0.1, 0.15) is 38.3 Å². The zero-order chi connectivity index (χ0) is 18.0. The molecule has 0 amide bonds. The van der Waals surface area contributed by atoms with Gasteiger partial charge in [0, 0.05) is 11.1 Å². The molecule has 0 aliphatic carbocycles. The van der Waals surface area contributed by atoms with Gasteiger partial charge in [-0.15, -0.1) is 0 Å². The Morgan fingerprint density at radius 3 is 2.24 bits per heavy atom. The topological polar surface area (TPSA) is 45.8 Å². The molecule has 1 aromatic heterocycles. The van der Waals surface area contributed by atoms with Gasteiger partial charge in [-0.25, -0.2) is 0 Å². The van der Waals surface area contributed by atoms with E-state index in [1.54, 1.807) is 12.2 Å². The van der Waals surface area contributed by atoms with Crippen molar-refractivity contribution in [2.24, 2.45) is 0 Å². The molecule has 0 radical (unpaired) electrons. The van der Waals surface area contributed by atoms with Crippen molar-refractivity contribution in [2.75, 3.05) is 0 Å². The second-order valence-corrected chi connectivity index (χ2v) is 6.50. The summed E-state index contributed by atoms with van der Waals surface area (Å²) in [4.78, 5) is 12.3. The van der Waals surface area contributed by atoms with Crippen molar-refractivity contribution in [3.8, 4) is 11.3 Å². The minimum atomic E-state index is -0.00886. The highest BCUT2D eigenvalue weighted by Gasteiger charge is 2.06. The van der Waals surface area contributed by atoms with Crippen molar-refractivity contribution in [1.29, 1.82) is 0 Å². The van der Waals surface area contributed by atoms with E-state index in [1.165, 1.54) is 16.7 Å². The first-order valence-corrected chi connectivity index (χ1v) is 8.37. The molecule has 0 aliphatic rings. The van der Waals surface area contributed by atoms with Gasteiger partial charge in [0.2, 0.25) is 0 Å². The van der Waals surface area contributed by atoms with E-state index in [0.717, 1.165) is 22.5 Å². The van der Waals surface area contributed by atoms with E-state index in [-0.39, 0.29) is 5.78 Å². The fraction of sp³-hybridized carbons (Fsp3) is 0.182. The summed E-state index contributed by atoms with van der Waals surface area (Å²) in [6, 6.07) is 14.0. The van der Waals surface area contributed by atoms with Crippen LogP contribution in [0.3, 0.4) is 0 Å². The molecule has 3 nitrogen and oxygen atoms in total. The molecule has 3 rings (SSSR count). The number of aromatic nitrogens is 2. The van der Waals surface area contributed by atoms with Crippen LogP contribution >= 0.6 is 0 Å². The standard InChI is InChI=1S/C22H22N2O/c1-14-5-7-18(11-16(14)3)21-13-20(23-24-21)9-10-22(25)19-8-6-15(2)17(4)12-19/h5-13H,1-4H3,(H,23,24). The minimum Gasteiger partial charge on any atom is -0.289 e. The van der Waals surface area contributed by atoms with Crippen LogP contribution in [0.4, 0.5) is 0 Å². The van der Waals surface area contributed by atoms with Crippen LogP contribution in [0.15, 0.2) is 48.5 Å². The lowest BCUT2D eigenvalue weighted by atomic mass is 10.0. The van der Waals surface area contributed by atoms with E-state index in [9.17, 15) is 4.79 Å². The molecule has 0 saturated heterocycles.